The van der Waals surface area contributed by atoms with Crippen LogP contribution in [0.15, 0.2) is 17.0 Å². The first-order valence-electron chi connectivity index (χ1n) is 6.27. The maximum Gasteiger partial charge on any atom is 0.242 e. The first-order chi connectivity index (χ1) is 9.51. The van der Waals surface area contributed by atoms with Crippen LogP contribution in [-0.4, -0.2) is 44.6 Å². The first-order valence-corrected chi connectivity index (χ1v) is 8.51. The standard InChI is InChI=1S/C13H20Cl2N2O3S/c1-13(2,17(3)4)8-16-21(19,20)11-6-10(14)5-9(7-18)12(11)15/h5-6,16,18H,7-8H2,1-4H3. The van der Waals surface area contributed by atoms with Crippen LogP contribution < -0.4 is 4.72 Å². The molecule has 0 bridgehead atoms. The Bertz CT molecular complexity index is 616. The van der Waals surface area contributed by atoms with Gasteiger partial charge in [-0.3, -0.25) is 0 Å². The lowest BCUT2D eigenvalue weighted by atomic mass is 10.1. The van der Waals surface area contributed by atoms with Gasteiger partial charge in [-0.05, 0) is 45.6 Å². The Morgan fingerprint density at radius 2 is 1.86 bits per heavy atom. The molecule has 1 aromatic carbocycles. The zero-order valence-corrected chi connectivity index (χ0v) is 14.8. The van der Waals surface area contributed by atoms with E-state index in [0.717, 1.165) is 0 Å². The fourth-order valence-corrected chi connectivity index (χ4v) is 3.56. The number of sulfonamides is 1. The minimum absolute atomic E-state index is 0.0166. The number of halogens is 2. The minimum atomic E-state index is -3.82. The maximum atomic E-state index is 12.4. The Morgan fingerprint density at radius 1 is 1.29 bits per heavy atom. The molecule has 0 aliphatic rings. The third-order valence-corrected chi connectivity index (χ3v) is 5.65. The molecule has 21 heavy (non-hydrogen) atoms. The minimum Gasteiger partial charge on any atom is -0.392 e. The van der Waals surface area contributed by atoms with Gasteiger partial charge in [0.1, 0.15) is 4.90 Å². The highest BCUT2D eigenvalue weighted by atomic mass is 35.5. The second-order valence-electron chi connectivity index (χ2n) is 5.57. The van der Waals surface area contributed by atoms with E-state index in [0.29, 0.717) is 0 Å². The van der Waals surface area contributed by atoms with Crippen molar-refractivity contribution in [2.75, 3.05) is 20.6 Å². The molecule has 1 aromatic rings. The molecule has 0 saturated carbocycles. The Labute approximate surface area is 135 Å². The van der Waals surface area contributed by atoms with E-state index < -0.39 is 10.0 Å². The number of nitrogens with one attached hydrogen (secondary N) is 1. The molecule has 0 saturated heterocycles. The zero-order chi connectivity index (χ0) is 16.4. The second-order valence-corrected chi connectivity index (χ2v) is 8.12. The van der Waals surface area contributed by atoms with E-state index in [1.807, 2.05) is 32.8 Å². The van der Waals surface area contributed by atoms with Crippen molar-refractivity contribution < 1.29 is 13.5 Å². The average molecular weight is 355 g/mol. The van der Waals surface area contributed by atoms with Crippen molar-refractivity contribution in [2.24, 2.45) is 0 Å². The van der Waals surface area contributed by atoms with Crippen LogP contribution in [-0.2, 0) is 16.6 Å². The van der Waals surface area contributed by atoms with Gasteiger partial charge in [0.25, 0.3) is 0 Å². The SMILES string of the molecule is CN(C)C(C)(C)CNS(=O)(=O)c1cc(Cl)cc(CO)c1Cl. The van der Waals surface area contributed by atoms with Crippen molar-refractivity contribution in [3.8, 4) is 0 Å². The molecular weight excluding hydrogens is 335 g/mol. The maximum absolute atomic E-state index is 12.4. The Balaban J connectivity index is 3.12. The molecule has 120 valence electrons. The summed E-state index contributed by atoms with van der Waals surface area (Å²) in [5, 5.41) is 9.39. The van der Waals surface area contributed by atoms with Crippen molar-refractivity contribution in [2.45, 2.75) is 30.9 Å². The molecule has 0 atom stereocenters. The fourth-order valence-electron chi connectivity index (χ4n) is 1.44. The molecule has 0 spiro atoms. The number of likely N-dealkylation sites (N-methyl/N-ethyl adjacent to an activating group) is 1. The number of hydrogen-bond acceptors (Lipinski definition) is 4. The third-order valence-electron chi connectivity index (χ3n) is 3.44. The molecular formula is C13H20Cl2N2O3S. The van der Waals surface area contributed by atoms with Gasteiger partial charge in [-0.2, -0.15) is 0 Å². The van der Waals surface area contributed by atoms with Gasteiger partial charge in [-0.25, -0.2) is 13.1 Å². The molecule has 0 heterocycles. The lowest BCUT2D eigenvalue weighted by Crippen LogP contribution is -2.48. The van der Waals surface area contributed by atoms with Gasteiger partial charge in [0, 0.05) is 17.1 Å². The van der Waals surface area contributed by atoms with Gasteiger partial charge in [0.2, 0.25) is 10.0 Å². The highest BCUT2D eigenvalue weighted by Gasteiger charge is 2.26. The predicted molar refractivity (Wildman–Crippen MR) is 85.3 cm³/mol. The van der Waals surface area contributed by atoms with Crippen molar-refractivity contribution >= 4 is 33.2 Å². The zero-order valence-electron chi connectivity index (χ0n) is 12.4. The normalized spacial score (nSPS) is 13.0. The molecule has 0 aromatic heterocycles. The molecule has 2 N–H and O–H groups in total. The number of nitrogens with zero attached hydrogens (tertiary/aromatic N) is 1. The lowest BCUT2D eigenvalue weighted by molar-refractivity contribution is 0.199. The van der Waals surface area contributed by atoms with Gasteiger partial charge in [0.05, 0.1) is 11.6 Å². The highest BCUT2D eigenvalue weighted by molar-refractivity contribution is 7.89. The largest absolute Gasteiger partial charge is 0.392 e. The quantitative estimate of drug-likeness (QED) is 0.820. The van der Waals surface area contributed by atoms with Crippen molar-refractivity contribution in [3.05, 3.63) is 27.7 Å². The topological polar surface area (TPSA) is 69.6 Å². The summed E-state index contributed by atoms with van der Waals surface area (Å²) in [6.45, 7) is 3.65. The van der Waals surface area contributed by atoms with E-state index >= 15 is 0 Å². The van der Waals surface area contributed by atoms with Crippen LogP contribution in [0.3, 0.4) is 0 Å². The lowest BCUT2D eigenvalue weighted by Gasteiger charge is -2.32. The summed E-state index contributed by atoms with van der Waals surface area (Å²) in [5.41, 5.74) is -0.0887. The van der Waals surface area contributed by atoms with Gasteiger partial charge in [-0.15, -0.1) is 0 Å². The number of rotatable bonds is 6. The number of benzene rings is 1. The van der Waals surface area contributed by atoms with Crippen LogP contribution >= 0.6 is 23.2 Å². The summed E-state index contributed by atoms with van der Waals surface area (Å²) in [7, 11) is -0.0857. The van der Waals surface area contributed by atoms with E-state index in [2.05, 4.69) is 4.72 Å². The van der Waals surface area contributed by atoms with E-state index in [1.165, 1.54) is 12.1 Å². The molecule has 0 fully saturated rings. The van der Waals surface area contributed by atoms with E-state index in [4.69, 9.17) is 23.2 Å². The molecule has 0 aliphatic carbocycles. The monoisotopic (exact) mass is 354 g/mol. The summed E-state index contributed by atoms with van der Waals surface area (Å²) in [4.78, 5) is 1.78. The van der Waals surface area contributed by atoms with Gasteiger partial charge in [0.15, 0.2) is 0 Å². The molecule has 0 radical (unpaired) electrons. The van der Waals surface area contributed by atoms with Crippen LogP contribution in [0.2, 0.25) is 10.0 Å². The van der Waals surface area contributed by atoms with Crippen molar-refractivity contribution in [1.29, 1.82) is 0 Å². The Kier molecular flexibility index (Phi) is 6.06. The average Bonchev–Trinajstić information content (AvgIpc) is 2.38. The van der Waals surface area contributed by atoms with Crippen molar-refractivity contribution in [3.63, 3.8) is 0 Å². The Morgan fingerprint density at radius 3 is 2.33 bits per heavy atom. The van der Waals surface area contributed by atoms with Gasteiger partial charge >= 0.3 is 0 Å². The van der Waals surface area contributed by atoms with Crippen molar-refractivity contribution in [1.82, 2.24) is 9.62 Å². The van der Waals surface area contributed by atoms with Crippen LogP contribution in [0, 0.1) is 0 Å². The first kappa shape index (κ1) is 18.7. The number of aliphatic hydroxyl groups excluding tert-OH is 1. The summed E-state index contributed by atoms with van der Waals surface area (Å²) in [6.07, 6.45) is 0. The molecule has 0 unspecified atom stereocenters. The number of hydrogen-bond donors (Lipinski definition) is 2. The fraction of sp³-hybridized carbons (Fsp3) is 0.538. The molecule has 0 amide bonds. The molecule has 5 nitrogen and oxygen atoms in total. The van der Waals surface area contributed by atoms with Crippen LogP contribution in [0.5, 0.6) is 0 Å². The highest BCUT2D eigenvalue weighted by Crippen LogP contribution is 2.29. The predicted octanol–water partition coefficient (Wildman–Crippen LogP) is 2.10. The molecule has 8 heteroatoms. The summed E-state index contributed by atoms with van der Waals surface area (Å²) in [5.74, 6) is 0. The van der Waals surface area contributed by atoms with E-state index in [9.17, 15) is 13.5 Å². The van der Waals surface area contributed by atoms with E-state index in [-0.39, 0.29) is 39.2 Å². The summed E-state index contributed by atoms with van der Waals surface area (Å²) >= 11 is 11.9. The molecule has 0 aliphatic heterocycles. The third kappa shape index (κ3) is 4.55. The summed E-state index contributed by atoms with van der Waals surface area (Å²) in [6, 6.07) is 2.71. The smallest absolute Gasteiger partial charge is 0.242 e. The van der Waals surface area contributed by atoms with Crippen LogP contribution in [0.25, 0.3) is 0 Å². The van der Waals surface area contributed by atoms with Crippen LogP contribution in [0.1, 0.15) is 19.4 Å². The van der Waals surface area contributed by atoms with Crippen LogP contribution in [0.4, 0.5) is 0 Å². The van der Waals surface area contributed by atoms with Gasteiger partial charge < -0.3 is 10.0 Å². The summed E-state index contributed by atoms with van der Waals surface area (Å²) < 4.78 is 27.3. The second kappa shape index (κ2) is 6.81. The van der Waals surface area contributed by atoms with E-state index in [1.54, 1.807) is 0 Å². The Hall–Kier alpha value is -0.370. The molecule has 1 rings (SSSR count). The van der Waals surface area contributed by atoms with Gasteiger partial charge in [-0.1, -0.05) is 23.2 Å². The number of aliphatic hydroxyl groups is 1.